The zero-order valence-corrected chi connectivity index (χ0v) is 9.20. The molecular weight excluding hydrogens is 210 g/mol. The van der Waals surface area contributed by atoms with Gasteiger partial charge in [-0.1, -0.05) is 25.4 Å². The van der Waals surface area contributed by atoms with E-state index in [0.29, 0.717) is 10.2 Å². The predicted molar refractivity (Wildman–Crippen MR) is 52.6 cm³/mol. The van der Waals surface area contributed by atoms with Gasteiger partial charge in [-0.3, -0.25) is 0 Å². The summed E-state index contributed by atoms with van der Waals surface area (Å²) in [5.41, 5.74) is 0.340. The van der Waals surface area contributed by atoms with Gasteiger partial charge < -0.3 is 4.74 Å². The molecule has 5 heteroatoms. The quantitative estimate of drug-likeness (QED) is 0.718. The summed E-state index contributed by atoms with van der Waals surface area (Å²) in [6.07, 6.45) is 0. The Labute approximate surface area is 85.7 Å². The van der Waals surface area contributed by atoms with Gasteiger partial charge in [0.2, 0.25) is 0 Å². The number of nitrogens with zero attached hydrogens (tertiary/aromatic N) is 1. The Hall–Kier alpha value is -0.610. The lowest BCUT2D eigenvalue weighted by Gasteiger charge is -2.02. The molecular formula is C8H10ClNO2S. The summed E-state index contributed by atoms with van der Waals surface area (Å²) < 4.78 is 4.97. The SMILES string of the molecule is COC(=O)c1nc(Cl)sc1C(C)C. The highest BCUT2D eigenvalue weighted by molar-refractivity contribution is 7.16. The van der Waals surface area contributed by atoms with Gasteiger partial charge in [-0.25, -0.2) is 9.78 Å². The summed E-state index contributed by atoms with van der Waals surface area (Å²) in [5.74, 6) is -0.189. The second kappa shape index (κ2) is 4.07. The highest BCUT2D eigenvalue weighted by Crippen LogP contribution is 2.29. The Morgan fingerprint density at radius 3 is 2.69 bits per heavy atom. The monoisotopic (exact) mass is 219 g/mol. The van der Waals surface area contributed by atoms with Crippen molar-refractivity contribution in [3.05, 3.63) is 15.0 Å². The lowest BCUT2D eigenvalue weighted by Crippen LogP contribution is -2.05. The smallest absolute Gasteiger partial charge is 0.357 e. The van der Waals surface area contributed by atoms with E-state index < -0.39 is 5.97 Å². The third-order valence-electron chi connectivity index (χ3n) is 1.53. The molecule has 0 N–H and O–H groups in total. The summed E-state index contributed by atoms with van der Waals surface area (Å²) in [5, 5.41) is 0. The number of rotatable bonds is 2. The highest BCUT2D eigenvalue weighted by Gasteiger charge is 2.19. The third kappa shape index (κ3) is 2.19. The molecule has 0 aliphatic rings. The van der Waals surface area contributed by atoms with Crippen LogP contribution in [0.25, 0.3) is 0 Å². The molecule has 0 fully saturated rings. The van der Waals surface area contributed by atoms with Crippen LogP contribution in [-0.2, 0) is 4.74 Å². The molecule has 1 aromatic heterocycles. The summed E-state index contributed by atoms with van der Waals surface area (Å²) in [6, 6.07) is 0. The van der Waals surface area contributed by atoms with Gasteiger partial charge in [0.25, 0.3) is 0 Å². The number of esters is 1. The van der Waals surface area contributed by atoms with Gasteiger partial charge in [-0.05, 0) is 5.92 Å². The van der Waals surface area contributed by atoms with Crippen molar-refractivity contribution in [2.45, 2.75) is 19.8 Å². The van der Waals surface area contributed by atoms with Crippen LogP contribution < -0.4 is 0 Å². The van der Waals surface area contributed by atoms with Crippen LogP contribution in [-0.4, -0.2) is 18.1 Å². The van der Waals surface area contributed by atoms with Gasteiger partial charge in [-0.2, -0.15) is 0 Å². The zero-order valence-electron chi connectivity index (χ0n) is 7.63. The van der Waals surface area contributed by atoms with E-state index in [1.54, 1.807) is 0 Å². The Morgan fingerprint density at radius 2 is 2.23 bits per heavy atom. The van der Waals surface area contributed by atoms with Crippen LogP contribution >= 0.6 is 22.9 Å². The minimum absolute atomic E-state index is 0.235. The molecule has 13 heavy (non-hydrogen) atoms. The first-order valence-electron chi connectivity index (χ1n) is 3.80. The molecule has 0 aromatic carbocycles. The Kier molecular flexibility index (Phi) is 3.27. The maximum absolute atomic E-state index is 11.2. The van der Waals surface area contributed by atoms with Gasteiger partial charge in [-0.15, -0.1) is 11.3 Å². The number of carbonyl (C=O) groups is 1. The van der Waals surface area contributed by atoms with Crippen LogP contribution in [0, 0.1) is 0 Å². The normalized spacial score (nSPS) is 10.5. The Bertz CT molecular complexity index is 322. The second-order valence-electron chi connectivity index (χ2n) is 2.83. The maximum atomic E-state index is 11.2. The van der Waals surface area contributed by atoms with E-state index in [-0.39, 0.29) is 5.92 Å². The molecule has 3 nitrogen and oxygen atoms in total. The first kappa shape index (κ1) is 10.5. The van der Waals surface area contributed by atoms with Crippen molar-refractivity contribution >= 4 is 28.9 Å². The number of hydrogen-bond donors (Lipinski definition) is 0. The highest BCUT2D eigenvalue weighted by atomic mass is 35.5. The van der Waals surface area contributed by atoms with Crippen molar-refractivity contribution in [2.24, 2.45) is 0 Å². The van der Waals surface area contributed by atoms with E-state index in [0.717, 1.165) is 4.88 Å². The van der Waals surface area contributed by atoms with Crippen molar-refractivity contribution in [2.75, 3.05) is 7.11 Å². The average Bonchev–Trinajstić information content (AvgIpc) is 2.46. The van der Waals surface area contributed by atoms with E-state index in [4.69, 9.17) is 11.6 Å². The van der Waals surface area contributed by atoms with Crippen LogP contribution in [0.2, 0.25) is 4.47 Å². The van der Waals surface area contributed by atoms with E-state index in [1.807, 2.05) is 13.8 Å². The standard InChI is InChI=1S/C8H10ClNO2S/c1-4(2)6-5(7(11)12-3)10-8(9)13-6/h4H,1-3H3. The fraction of sp³-hybridized carbons (Fsp3) is 0.500. The first-order valence-corrected chi connectivity index (χ1v) is 5.00. The van der Waals surface area contributed by atoms with Crippen molar-refractivity contribution in [1.29, 1.82) is 0 Å². The lowest BCUT2D eigenvalue weighted by molar-refractivity contribution is 0.0593. The van der Waals surface area contributed by atoms with Crippen molar-refractivity contribution < 1.29 is 9.53 Å². The number of halogens is 1. The van der Waals surface area contributed by atoms with Crippen molar-refractivity contribution in [3.63, 3.8) is 0 Å². The average molecular weight is 220 g/mol. The third-order valence-corrected chi connectivity index (χ3v) is 2.99. The summed E-state index contributed by atoms with van der Waals surface area (Å²) >= 11 is 7.03. The summed E-state index contributed by atoms with van der Waals surface area (Å²) in [7, 11) is 1.33. The molecule has 0 unspecified atom stereocenters. The number of hydrogen-bond acceptors (Lipinski definition) is 4. The molecule has 0 amide bonds. The van der Waals surface area contributed by atoms with Crippen LogP contribution in [0.1, 0.15) is 35.1 Å². The van der Waals surface area contributed by atoms with Gasteiger partial charge >= 0.3 is 5.97 Å². The van der Waals surface area contributed by atoms with Crippen molar-refractivity contribution in [1.82, 2.24) is 4.98 Å². The van der Waals surface area contributed by atoms with Crippen LogP contribution in [0.15, 0.2) is 0 Å². The van der Waals surface area contributed by atoms with Crippen LogP contribution in [0.3, 0.4) is 0 Å². The predicted octanol–water partition coefficient (Wildman–Crippen LogP) is 2.71. The second-order valence-corrected chi connectivity index (χ2v) is 4.44. The van der Waals surface area contributed by atoms with Crippen molar-refractivity contribution in [3.8, 4) is 0 Å². The molecule has 0 aliphatic heterocycles. The van der Waals surface area contributed by atoms with Crippen LogP contribution in [0.5, 0.6) is 0 Å². The fourth-order valence-corrected chi connectivity index (χ4v) is 2.05. The lowest BCUT2D eigenvalue weighted by atomic mass is 10.1. The van der Waals surface area contributed by atoms with Gasteiger partial charge in [0.15, 0.2) is 10.2 Å². The number of ether oxygens (including phenoxy) is 1. The Balaban J connectivity index is 3.11. The van der Waals surface area contributed by atoms with Gasteiger partial charge in [0.1, 0.15) is 0 Å². The molecule has 0 radical (unpaired) electrons. The minimum atomic E-state index is -0.424. The molecule has 0 aliphatic carbocycles. The summed E-state index contributed by atoms with van der Waals surface area (Å²) in [4.78, 5) is 16.0. The van der Waals surface area contributed by atoms with E-state index in [1.165, 1.54) is 18.4 Å². The molecule has 0 bridgehead atoms. The molecule has 1 aromatic rings. The molecule has 1 rings (SSSR count). The minimum Gasteiger partial charge on any atom is -0.464 e. The summed E-state index contributed by atoms with van der Waals surface area (Å²) in [6.45, 7) is 3.96. The van der Waals surface area contributed by atoms with E-state index >= 15 is 0 Å². The van der Waals surface area contributed by atoms with Gasteiger partial charge in [0.05, 0.1) is 7.11 Å². The zero-order chi connectivity index (χ0) is 10.0. The molecule has 0 saturated carbocycles. The molecule has 0 spiro atoms. The largest absolute Gasteiger partial charge is 0.464 e. The molecule has 0 saturated heterocycles. The first-order chi connectivity index (χ1) is 6.06. The molecule has 1 heterocycles. The maximum Gasteiger partial charge on any atom is 0.357 e. The Morgan fingerprint density at radius 1 is 1.62 bits per heavy atom. The fourth-order valence-electron chi connectivity index (χ4n) is 0.939. The van der Waals surface area contributed by atoms with E-state index in [2.05, 4.69) is 9.72 Å². The van der Waals surface area contributed by atoms with E-state index in [9.17, 15) is 4.79 Å². The number of methoxy groups -OCH3 is 1. The van der Waals surface area contributed by atoms with Gasteiger partial charge in [0, 0.05) is 4.88 Å². The molecule has 0 atom stereocenters. The molecule has 72 valence electrons. The number of thiazole rings is 1. The number of carbonyl (C=O) groups excluding carboxylic acids is 1. The number of aromatic nitrogens is 1. The topological polar surface area (TPSA) is 39.2 Å². The van der Waals surface area contributed by atoms with Crippen LogP contribution in [0.4, 0.5) is 0 Å².